The van der Waals surface area contributed by atoms with Gasteiger partial charge < -0.3 is 14.6 Å². The van der Waals surface area contributed by atoms with E-state index in [0.717, 1.165) is 29.2 Å². The zero-order valence-corrected chi connectivity index (χ0v) is 16.2. The molecule has 29 heavy (non-hydrogen) atoms. The summed E-state index contributed by atoms with van der Waals surface area (Å²) in [4.78, 5) is 24.5. The van der Waals surface area contributed by atoms with E-state index in [-0.39, 0.29) is 5.56 Å². The van der Waals surface area contributed by atoms with Crippen molar-refractivity contribution < 1.29 is 23.1 Å². The number of benzene rings is 2. The third-order valence-electron chi connectivity index (χ3n) is 4.50. The minimum absolute atomic E-state index is 0.257. The molecule has 1 heterocycles. The fourth-order valence-corrected chi connectivity index (χ4v) is 2.95. The second kappa shape index (κ2) is 8.26. The molecular weight excluding hydrogens is 378 g/mol. The number of ether oxygens (including phenoxy) is 1. The molecule has 7 heteroatoms. The maximum absolute atomic E-state index is 13.6. The first-order valence-electron chi connectivity index (χ1n) is 8.99. The van der Waals surface area contributed by atoms with Gasteiger partial charge >= 0.3 is 5.97 Å². The van der Waals surface area contributed by atoms with Gasteiger partial charge in [0.15, 0.2) is 6.10 Å². The number of hydrogen-bond acceptors (Lipinski definition) is 3. The third-order valence-corrected chi connectivity index (χ3v) is 4.50. The van der Waals surface area contributed by atoms with Gasteiger partial charge in [-0.15, -0.1) is 0 Å². The fourth-order valence-electron chi connectivity index (χ4n) is 2.95. The molecule has 2 aromatic carbocycles. The molecule has 0 unspecified atom stereocenters. The normalized spacial score (nSPS) is 11.8. The highest BCUT2D eigenvalue weighted by molar-refractivity contribution is 5.97. The average molecular weight is 398 g/mol. The average Bonchev–Trinajstić information content (AvgIpc) is 3.03. The zero-order chi connectivity index (χ0) is 21.1. The molecule has 0 radical (unpaired) electrons. The highest BCUT2D eigenvalue weighted by Crippen LogP contribution is 2.19. The van der Waals surface area contributed by atoms with E-state index >= 15 is 0 Å². The van der Waals surface area contributed by atoms with Gasteiger partial charge in [-0.2, -0.15) is 0 Å². The van der Waals surface area contributed by atoms with Crippen molar-refractivity contribution in [3.63, 3.8) is 0 Å². The lowest BCUT2D eigenvalue weighted by atomic mass is 10.2. The topological polar surface area (TPSA) is 60.3 Å². The molecule has 3 rings (SSSR count). The quantitative estimate of drug-likeness (QED) is 0.641. The Labute approximate surface area is 166 Å². The fraction of sp³-hybridized carbons (Fsp3) is 0.182. The Morgan fingerprint density at radius 3 is 2.03 bits per heavy atom. The molecule has 0 aliphatic heterocycles. The highest BCUT2D eigenvalue weighted by Gasteiger charge is 2.21. The summed E-state index contributed by atoms with van der Waals surface area (Å²) in [5.41, 5.74) is 2.68. The van der Waals surface area contributed by atoms with Crippen molar-refractivity contribution >= 4 is 17.6 Å². The molecular formula is C22H20F2N2O3. The molecule has 0 fully saturated rings. The Balaban J connectivity index is 1.67. The van der Waals surface area contributed by atoms with Gasteiger partial charge in [-0.25, -0.2) is 13.6 Å². The molecule has 1 N–H and O–H groups in total. The molecule has 0 bridgehead atoms. The third kappa shape index (κ3) is 4.34. The predicted octanol–water partition coefficient (Wildman–Crippen LogP) is 4.56. The number of halogens is 2. The highest BCUT2D eigenvalue weighted by atomic mass is 19.1. The second-order valence-electron chi connectivity index (χ2n) is 6.63. The Morgan fingerprint density at radius 2 is 1.48 bits per heavy atom. The molecule has 5 nitrogen and oxygen atoms in total. The van der Waals surface area contributed by atoms with Gasteiger partial charge in [-0.1, -0.05) is 6.07 Å². The largest absolute Gasteiger partial charge is 0.449 e. The van der Waals surface area contributed by atoms with Crippen LogP contribution in [0.5, 0.6) is 0 Å². The van der Waals surface area contributed by atoms with Crippen LogP contribution in [0.25, 0.3) is 5.69 Å². The van der Waals surface area contributed by atoms with E-state index in [1.54, 1.807) is 24.3 Å². The number of para-hydroxylation sites is 1. The molecule has 1 amide bonds. The van der Waals surface area contributed by atoms with E-state index in [4.69, 9.17) is 4.74 Å². The predicted molar refractivity (Wildman–Crippen MR) is 105 cm³/mol. The van der Waals surface area contributed by atoms with Crippen LogP contribution in [0.2, 0.25) is 0 Å². The van der Waals surface area contributed by atoms with Crippen LogP contribution >= 0.6 is 0 Å². The monoisotopic (exact) mass is 398 g/mol. The van der Waals surface area contributed by atoms with Gasteiger partial charge in [-0.05, 0) is 69.3 Å². The van der Waals surface area contributed by atoms with E-state index in [2.05, 4.69) is 5.32 Å². The van der Waals surface area contributed by atoms with E-state index in [9.17, 15) is 18.4 Å². The Kier molecular flexibility index (Phi) is 5.77. The zero-order valence-electron chi connectivity index (χ0n) is 16.2. The summed E-state index contributed by atoms with van der Waals surface area (Å²) in [6.45, 7) is 5.29. The number of amides is 1. The molecule has 0 aliphatic rings. The van der Waals surface area contributed by atoms with Gasteiger partial charge in [-0.3, -0.25) is 4.79 Å². The van der Waals surface area contributed by atoms with Gasteiger partial charge in [0.2, 0.25) is 0 Å². The molecule has 0 spiro atoms. The summed E-state index contributed by atoms with van der Waals surface area (Å²) in [6, 6.07) is 14.0. The van der Waals surface area contributed by atoms with Crippen molar-refractivity contribution in [2.24, 2.45) is 0 Å². The number of carbonyl (C=O) groups is 2. The Bertz CT molecular complexity index is 1020. The minimum Gasteiger partial charge on any atom is -0.449 e. The van der Waals surface area contributed by atoms with Crippen LogP contribution in [0.15, 0.2) is 54.6 Å². The van der Waals surface area contributed by atoms with Crippen molar-refractivity contribution in [2.45, 2.75) is 26.9 Å². The summed E-state index contributed by atoms with van der Waals surface area (Å²) in [7, 11) is 0. The smallest absolute Gasteiger partial charge is 0.338 e. The first kappa shape index (κ1) is 20.3. The number of aromatic nitrogens is 1. The maximum Gasteiger partial charge on any atom is 0.338 e. The lowest BCUT2D eigenvalue weighted by molar-refractivity contribution is -0.123. The first-order valence-corrected chi connectivity index (χ1v) is 8.99. The van der Waals surface area contributed by atoms with Gasteiger partial charge in [0.1, 0.15) is 17.3 Å². The van der Waals surface area contributed by atoms with Gasteiger partial charge in [0.25, 0.3) is 5.91 Å². The van der Waals surface area contributed by atoms with Crippen LogP contribution in [0, 0.1) is 25.5 Å². The number of rotatable bonds is 5. The lowest BCUT2D eigenvalue weighted by Gasteiger charge is -2.15. The number of aryl methyl sites for hydroxylation is 2. The van der Waals surface area contributed by atoms with Crippen LogP contribution in [-0.4, -0.2) is 22.5 Å². The van der Waals surface area contributed by atoms with Crippen molar-refractivity contribution in [2.75, 3.05) is 5.32 Å². The minimum atomic E-state index is -1.24. The summed E-state index contributed by atoms with van der Waals surface area (Å²) in [6.07, 6.45) is -1.24. The molecule has 150 valence electrons. The second-order valence-corrected chi connectivity index (χ2v) is 6.63. The molecule has 0 saturated heterocycles. The van der Waals surface area contributed by atoms with Crippen molar-refractivity contribution in [3.8, 4) is 5.69 Å². The molecule has 0 saturated carbocycles. The lowest BCUT2D eigenvalue weighted by Crippen LogP contribution is -2.30. The number of nitrogens with zero attached hydrogens (tertiary/aromatic N) is 1. The summed E-state index contributed by atoms with van der Waals surface area (Å²) < 4.78 is 34.5. The van der Waals surface area contributed by atoms with Crippen LogP contribution in [-0.2, 0) is 9.53 Å². The number of esters is 1. The summed E-state index contributed by atoms with van der Waals surface area (Å²) >= 11 is 0. The van der Waals surface area contributed by atoms with Gasteiger partial charge in [0.05, 0.1) is 5.56 Å². The summed E-state index contributed by atoms with van der Waals surface area (Å²) in [5, 5.41) is 2.11. The van der Waals surface area contributed by atoms with Crippen molar-refractivity contribution in [1.29, 1.82) is 0 Å². The van der Waals surface area contributed by atoms with Crippen LogP contribution in [0.1, 0.15) is 28.7 Å². The first-order chi connectivity index (χ1) is 13.8. The molecule has 0 aliphatic carbocycles. The Hall–Kier alpha value is -3.48. The van der Waals surface area contributed by atoms with E-state index in [1.807, 2.05) is 30.5 Å². The van der Waals surface area contributed by atoms with Crippen LogP contribution < -0.4 is 5.32 Å². The maximum atomic E-state index is 13.6. The number of anilines is 1. The van der Waals surface area contributed by atoms with E-state index in [0.29, 0.717) is 0 Å². The molecule has 3 aromatic rings. The SMILES string of the molecule is Cc1ccc(C)n1-c1ccc(C(=O)O[C@@H](C)C(=O)Nc2c(F)cccc2F)cc1. The standard InChI is InChI=1S/C22H20F2N2O3/c1-13-7-8-14(2)26(13)17-11-9-16(10-12-17)22(28)29-15(3)21(27)25-20-18(23)5-4-6-19(20)24/h4-12,15H,1-3H3,(H,25,27)/t15-/m0/s1. The van der Waals surface area contributed by atoms with Crippen LogP contribution in [0.3, 0.4) is 0 Å². The number of carbonyl (C=O) groups excluding carboxylic acids is 2. The van der Waals surface area contributed by atoms with E-state index in [1.165, 1.54) is 13.0 Å². The number of nitrogens with one attached hydrogen (secondary N) is 1. The van der Waals surface area contributed by atoms with E-state index < -0.39 is 35.3 Å². The molecule has 1 aromatic heterocycles. The van der Waals surface area contributed by atoms with Gasteiger partial charge in [0, 0.05) is 17.1 Å². The molecule has 1 atom stereocenters. The summed E-state index contributed by atoms with van der Waals surface area (Å²) in [5.74, 6) is -3.38. The van der Waals surface area contributed by atoms with Crippen molar-refractivity contribution in [1.82, 2.24) is 4.57 Å². The Morgan fingerprint density at radius 1 is 0.931 bits per heavy atom. The van der Waals surface area contributed by atoms with Crippen LogP contribution in [0.4, 0.5) is 14.5 Å². The van der Waals surface area contributed by atoms with Crippen molar-refractivity contribution in [3.05, 3.63) is 83.2 Å². The number of hydrogen-bond donors (Lipinski definition) is 1.